The molecule has 1 heterocycles. The van der Waals surface area contributed by atoms with Crippen LogP contribution in [0.2, 0.25) is 0 Å². The molecule has 21 heavy (non-hydrogen) atoms. The molecule has 120 valence electrons. The lowest BCUT2D eigenvalue weighted by atomic mass is 9.85. The van der Waals surface area contributed by atoms with Crippen molar-refractivity contribution < 1.29 is 9.26 Å². The molecule has 1 aliphatic rings. The molecule has 0 saturated heterocycles. The normalized spacial score (nSPS) is 21.1. The van der Waals surface area contributed by atoms with E-state index in [1.54, 1.807) is 7.11 Å². The zero-order valence-corrected chi connectivity index (χ0v) is 13.8. The van der Waals surface area contributed by atoms with Gasteiger partial charge in [-0.3, -0.25) is 0 Å². The predicted octanol–water partition coefficient (Wildman–Crippen LogP) is 3.44. The van der Waals surface area contributed by atoms with Gasteiger partial charge >= 0.3 is 0 Å². The number of aromatic nitrogens is 2. The van der Waals surface area contributed by atoms with E-state index in [9.17, 15) is 0 Å². The summed E-state index contributed by atoms with van der Waals surface area (Å²) in [5, 5.41) is 7.50. The number of ether oxygens (including phenoxy) is 1. The van der Waals surface area contributed by atoms with E-state index in [2.05, 4.69) is 29.3 Å². The van der Waals surface area contributed by atoms with Crippen LogP contribution < -0.4 is 5.32 Å². The second-order valence-electron chi connectivity index (χ2n) is 6.14. The molecule has 5 heteroatoms. The first-order valence-electron chi connectivity index (χ1n) is 8.24. The average Bonchev–Trinajstić information content (AvgIpc) is 3.00. The van der Waals surface area contributed by atoms with Crippen LogP contribution in [0, 0.1) is 5.92 Å². The largest absolute Gasteiger partial charge is 0.373 e. The SMILES string of the molecule is CCC(NC)C(C)c1nc(C(OC)C2CCCCC2)no1. The van der Waals surface area contributed by atoms with Crippen LogP contribution in [-0.2, 0) is 4.74 Å². The van der Waals surface area contributed by atoms with Crippen molar-refractivity contribution in [3.63, 3.8) is 0 Å². The van der Waals surface area contributed by atoms with Crippen LogP contribution in [0.15, 0.2) is 4.52 Å². The van der Waals surface area contributed by atoms with E-state index in [-0.39, 0.29) is 12.0 Å². The molecule has 0 amide bonds. The van der Waals surface area contributed by atoms with Gasteiger partial charge in [0, 0.05) is 13.2 Å². The maximum absolute atomic E-state index is 5.68. The molecule has 1 saturated carbocycles. The summed E-state index contributed by atoms with van der Waals surface area (Å²) >= 11 is 0. The molecular formula is C16H29N3O2. The van der Waals surface area contributed by atoms with Gasteiger partial charge in [-0.15, -0.1) is 0 Å². The summed E-state index contributed by atoms with van der Waals surface area (Å²) < 4.78 is 11.2. The molecule has 1 aliphatic carbocycles. The van der Waals surface area contributed by atoms with Crippen LogP contribution in [0.4, 0.5) is 0 Å². The number of rotatable bonds is 7. The molecule has 1 fully saturated rings. The lowest BCUT2D eigenvalue weighted by Crippen LogP contribution is -2.30. The van der Waals surface area contributed by atoms with Crippen LogP contribution >= 0.6 is 0 Å². The first kappa shape index (κ1) is 16.4. The van der Waals surface area contributed by atoms with Crippen molar-refractivity contribution in [1.29, 1.82) is 0 Å². The van der Waals surface area contributed by atoms with Crippen molar-refractivity contribution in [2.45, 2.75) is 70.4 Å². The molecule has 1 aromatic heterocycles. The van der Waals surface area contributed by atoms with E-state index in [0.717, 1.165) is 12.2 Å². The van der Waals surface area contributed by atoms with Crippen LogP contribution in [-0.4, -0.2) is 30.3 Å². The smallest absolute Gasteiger partial charge is 0.231 e. The van der Waals surface area contributed by atoms with Gasteiger partial charge in [0.2, 0.25) is 11.7 Å². The Morgan fingerprint density at radius 1 is 1.33 bits per heavy atom. The average molecular weight is 295 g/mol. The number of hydrogen-bond acceptors (Lipinski definition) is 5. The van der Waals surface area contributed by atoms with E-state index >= 15 is 0 Å². The van der Waals surface area contributed by atoms with Crippen molar-refractivity contribution >= 4 is 0 Å². The Labute approximate surface area is 127 Å². The topological polar surface area (TPSA) is 60.2 Å². The first-order chi connectivity index (χ1) is 10.2. The van der Waals surface area contributed by atoms with E-state index in [1.807, 2.05) is 7.05 Å². The van der Waals surface area contributed by atoms with Gasteiger partial charge in [-0.05, 0) is 32.2 Å². The van der Waals surface area contributed by atoms with Crippen LogP contribution in [0.5, 0.6) is 0 Å². The van der Waals surface area contributed by atoms with Gasteiger partial charge in [0.25, 0.3) is 0 Å². The lowest BCUT2D eigenvalue weighted by molar-refractivity contribution is 0.0273. The molecule has 0 bridgehead atoms. The molecule has 2 rings (SSSR count). The fourth-order valence-electron chi connectivity index (χ4n) is 3.47. The van der Waals surface area contributed by atoms with Gasteiger partial charge in [-0.25, -0.2) is 0 Å². The molecule has 1 aromatic rings. The summed E-state index contributed by atoms with van der Waals surface area (Å²) in [4.78, 5) is 4.63. The zero-order valence-electron chi connectivity index (χ0n) is 13.8. The minimum absolute atomic E-state index is 0.0235. The first-order valence-corrected chi connectivity index (χ1v) is 8.24. The highest BCUT2D eigenvalue weighted by atomic mass is 16.5. The maximum atomic E-state index is 5.68. The summed E-state index contributed by atoms with van der Waals surface area (Å²) in [5.74, 6) is 2.17. The Hall–Kier alpha value is -0.940. The summed E-state index contributed by atoms with van der Waals surface area (Å²) in [5.41, 5.74) is 0. The van der Waals surface area contributed by atoms with Crippen LogP contribution in [0.1, 0.15) is 76.1 Å². The van der Waals surface area contributed by atoms with E-state index in [4.69, 9.17) is 9.26 Å². The highest BCUT2D eigenvalue weighted by Gasteiger charge is 2.30. The number of nitrogens with zero attached hydrogens (tertiary/aromatic N) is 2. The Balaban J connectivity index is 2.09. The third-order valence-electron chi connectivity index (χ3n) is 4.85. The second-order valence-corrected chi connectivity index (χ2v) is 6.14. The molecule has 0 aliphatic heterocycles. The minimum Gasteiger partial charge on any atom is -0.373 e. The van der Waals surface area contributed by atoms with Crippen molar-refractivity contribution in [2.75, 3.05) is 14.2 Å². The lowest BCUT2D eigenvalue weighted by Gasteiger charge is -2.27. The van der Waals surface area contributed by atoms with Gasteiger partial charge < -0.3 is 14.6 Å². The summed E-state index contributed by atoms with van der Waals surface area (Å²) in [6.45, 7) is 4.29. The number of hydrogen-bond donors (Lipinski definition) is 1. The van der Waals surface area contributed by atoms with Gasteiger partial charge in [0.1, 0.15) is 6.10 Å². The van der Waals surface area contributed by atoms with Crippen molar-refractivity contribution in [3.8, 4) is 0 Å². The van der Waals surface area contributed by atoms with Gasteiger partial charge in [0.15, 0.2) is 0 Å². The van der Waals surface area contributed by atoms with E-state index in [0.29, 0.717) is 17.9 Å². The Kier molecular flexibility index (Phi) is 6.18. The Morgan fingerprint density at radius 2 is 2.05 bits per heavy atom. The monoisotopic (exact) mass is 295 g/mol. The zero-order chi connectivity index (χ0) is 15.2. The van der Waals surface area contributed by atoms with Gasteiger partial charge in [-0.1, -0.05) is 38.3 Å². The van der Waals surface area contributed by atoms with Gasteiger partial charge in [0.05, 0.1) is 5.92 Å². The van der Waals surface area contributed by atoms with Crippen molar-refractivity contribution in [2.24, 2.45) is 5.92 Å². The third-order valence-corrected chi connectivity index (χ3v) is 4.85. The molecule has 5 nitrogen and oxygen atoms in total. The van der Waals surface area contributed by atoms with E-state index in [1.165, 1.54) is 32.1 Å². The quantitative estimate of drug-likeness (QED) is 0.835. The fraction of sp³-hybridized carbons (Fsp3) is 0.875. The minimum atomic E-state index is -0.0235. The highest BCUT2D eigenvalue weighted by molar-refractivity contribution is 5.00. The molecule has 3 atom stereocenters. The predicted molar refractivity (Wildman–Crippen MR) is 82.2 cm³/mol. The molecule has 0 radical (unpaired) electrons. The number of likely N-dealkylation sites (N-methyl/N-ethyl adjacent to an activating group) is 1. The van der Waals surface area contributed by atoms with E-state index < -0.39 is 0 Å². The number of methoxy groups -OCH3 is 1. The standard InChI is InChI=1S/C16H29N3O2/c1-5-13(17-3)11(2)16-18-15(19-21-16)14(20-4)12-9-7-6-8-10-12/h11-14,17H,5-10H2,1-4H3. The molecule has 0 spiro atoms. The summed E-state index contributed by atoms with van der Waals surface area (Å²) in [6, 6.07) is 0.356. The Morgan fingerprint density at radius 3 is 2.62 bits per heavy atom. The maximum Gasteiger partial charge on any atom is 0.231 e. The summed E-state index contributed by atoms with van der Waals surface area (Å²) in [6.07, 6.45) is 7.31. The third kappa shape index (κ3) is 3.83. The molecular weight excluding hydrogens is 266 g/mol. The Bertz CT molecular complexity index is 411. The second kappa shape index (κ2) is 7.90. The van der Waals surface area contributed by atoms with Crippen molar-refractivity contribution in [3.05, 3.63) is 11.7 Å². The number of nitrogens with one attached hydrogen (secondary N) is 1. The fourth-order valence-corrected chi connectivity index (χ4v) is 3.47. The molecule has 1 N–H and O–H groups in total. The van der Waals surface area contributed by atoms with Crippen molar-refractivity contribution in [1.82, 2.24) is 15.5 Å². The molecule has 0 aromatic carbocycles. The highest BCUT2D eigenvalue weighted by Crippen LogP contribution is 2.35. The van der Waals surface area contributed by atoms with Gasteiger partial charge in [-0.2, -0.15) is 4.98 Å². The van der Waals surface area contributed by atoms with Crippen LogP contribution in [0.25, 0.3) is 0 Å². The molecule has 3 unspecified atom stereocenters. The summed E-state index contributed by atoms with van der Waals surface area (Å²) in [7, 11) is 3.73. The van der Waals surface area contributed by atoms with Crippen LogP contribution in [0.3, 0.4) is 0 Å².